The number of imide groups is 2. The van der Waals surface area contributed by atoms with Crippen LogP contribution in [-0.2, 0) is 16.2 Å². The first-order chi connectivity index (χ1) is 14.1. The van der Waals surface area contributed by atoms with Gasteiger partial charge in [-0.15, -0.1) is 0 Å². The molecular formula is C20H14Cl2I2N2O4. The van der Waals surface area contributed by atoms with Crippen molar-refractivity contribution in [2.75, 3.05) is 14.1 Å². The van der Waals surface area contributed by atoms with Crippen LogP contribution in [0.2, 0.25) is 10.0 Å². The lowest BCUT2D eigenvalue weighted by molar-refractivity contribution is -0.134. The molecule has 10 heteroatoms. The highest BCUT2D eigenvalue weighted by molar-refractivity contribution is 14.1. The van der Waals surface area contributed by atoms with E-state index < -0.39 is 17.8 Å². The van der Waals surface area contributed by atoms with E-state index in [1.54, 1.807) is 30.3 Å². The fourth-order valence-electron chi connectivity index (χ4n) is 2.73. The van der Waals surface area contributed by atoms with Crippen LogP contribution in [0.1, 0.15) is 11.1 Å². The second-order valence-electron chi connectivity index (χ2n) is 6.41. The highest BCUT2D eigenvalue weighted by Crippen LogP contribution is 2.32. The van der Waals surface area contributed by atoms with Crippen molar-refractivity contribution in [2.24, 2.45) is 0 Å². The van der Waals surface area contributed by atoms with E-state index in [-0.39, 0.29) is 12.2 Å². The Morgan fingerprint density at radius 2 is 1.53 bits per heavy atom. The fourth-order valence-corrected chi connectivity index (χ4v) is 5.32. The van der Waals surface area contributed by atoms with Crippen molar-refractivity contribution < 1.29 is 19.1 Å². The van der Waals surface area contributed by atoms with Crippen LogP contribution in [-0.4, -0.2) is 41.7 Å². The number of benzene rings is 2. The third kappa shape index (κ3) is 4.76. The monoisotopic (exact) mass is 670 g/mol. The molecule has 1 saturated heterocycles. The summed E-state index contributed by atoms with van der Waals surface area (Å²) in [6, 6.07) is 8.14. The minimum atomic E-state index is -0.657. The highest BCUT2D eigenvalue weighted by Gasteiger charge is 2.37. The lowest BCUT2D eigenvalue weighted by atomic mass is 10.1. The van der Waals surface area contributed by atoms with Gasteiger partial charge in [0.05, 0.1) is 7.14 Å². The SMILES string of the molecule is CN1C(=O)C(=Cc2cc(I)c(OCc3ccc(Cl)cc3Cl)c(I)c2)C(=O)N(C)C1=O. The topological polar surface area (TPSA) is 66.9 Å². The Hall–Kier alpha value is -1.37. The van der Waals surface area contributed by atoms with Crippen molar-refractivity contribution in [1.82, 2.24) is 9.80 Å². The zero-order valence-electron chi connectivity index (χ0n) is 15.7. The van der Waals surface area contributed by atoms with Gasteiger partial charge in [-0.05, 0) is 81.1 Å². The zero-order chi connectivity index (χ0) is 22.2. The molecule has 30 heavy (non-hydrogen) atoms. The van der Waals surface area contributed by atoms with E-state index in [1.165, 1.54) is 20.2 Å². The van der Waals surface area contributed by atoms with Crippen molar-refractivity contribution in [3.8, 4) is 5.75 Å². The summed E-state index contributed by atoms with van der Waals surface area (Å²) in [4.78, 5) is 38.5. The van der Waals surface area contributed by atoms with Crippen LogP contribution in [0.25, 0.3) is 6.08 Å². The predicted molar refractivity (Wildman–Crippen MR) is 132 cm³/mol. The van der Waals surface area contributed by atoms with Gasteiger partial charge in [-0.25, -0.2) is 4.79 Å². The number of nitrogens with zero attached hydrogens (tertiary/aromatic N) is 2. The number of halogens is 4. The Labute approximate surface area is 210 Å². The normalized spacial score (nSPS) is 14.5. The maximum Gasteiger partial charge on any atom is 0.333 e. The van der Waals surface area contributed by atoms with Gasteiger partial charge in [-0.3, -0.25) is 19.4 Å². The van der Waals surface area contributed by atoms with E-state index in [2.05, 4.69) is 45.2 Å². The molecule has 0 unspecified atom stereocenters. The molecule has 0 saturated carbocycles. The Balaban J connectivity index is 1.87. The molecule has 0 aliphatic carbocycles. The van der Waals surface area contributed by atoms with Gasteiger partial charge in [0.15, 0.2) is 0 Å². The van der Waals surface area contributed by atoms with E-state index in [1.807, 2.05) is 0 Å². The van der Waals surface area contributed by atoms with Crippen LogP contribution < -0.4 is 4.74 Å². The first kappa shape index (κ1) is 23.3. The number of hydrogen-bond acceptors (Lipinski definition) is 4. The number of carbonyl (C=O) groups excluding carboxylic acids is 3. The lowest BCUT2D eigenvalue weighted by Gasteiger charge is -2.28. The summed E-state index contributed by atoms with van der Waals surface area (Å²) in [7, 11) is 2.68. The van der Waals surface area contributed by atoms with Crippen LogP contribution in [0.15, 0.2) is 35.9 Å². The van der Waals surface area contributed by atoms with Crippen molar-refractivity contribution in [3.05, 3.63) is 64.2 Å². The number of carbonyl (C=O) groups is 3. The third-order valence-corrected chi connectivity index (χ3v) is 6.55. The molecule has 6 nitrogen and oxygen atoms in total. The van der Waals surface area contributed by atoms with E-state index in [4.69, 9.17) is 27.9 Å². The molecule has 0 bridgehead atoms. The summed E-state index contributed by atoms with van der Waals surface area (Å²) in [5, 5.41) is 1.07. The van der Waals surface area contributed by atoms with Gasteiger partial charge in [0, 0.05) is 29.7 Å². The number of urea groups is 1. The van der Waals surface area contributed by atoms with Crippen LogP contribution in [0, 0.1) is 7.14 Å². The molecule has 2 aromatic carbocycles. The molecule has 1 fully saturated rings. The van der Waals surface area contributed by atoms with Gasteiger partial charge < -0.3 is 4.74 Å². The van der Waals surface area contributed by atoms with Gasteiger partial charge in [0.25, 0.3) is 11.8 Å². The number of amides is 4. The molecule has 1 heterocycles. The minimum Gasteiger partial charge on any atom is -0.487 e. The van der Waals surface area contributed by atoms with Gasteiger partial charge in [-0.1, -0.05) is 29.3 Å². The van der Waals surface area contributed by atoms with E-state index in [0.29, 0.717) is 21.4 Å². The van der Waals surface area contributed by atoms with E-state index in [9.17, 15) is 14.4 Å². The third-order valence-electron chi connectivity index (χ3n) is 4.36. The molecule has 0 N–H and O–H groups in total. The Bertz CT molecular complexity index is 1060. The zero-order valence-corrected chi connectivity index (χ0v) is 21.5. The summed E-state index contributed by atoms with van der Waals surface area (Å²) >= 11 is 16.4. The number of ether oxygens (including phenoxy) is 1. The number of likely N-dealkylation sites (N-methyl/N-ethyl adjacent to an activating group) is 2. The van der Waals surface area contributed by atoms with Crippen molar-refractivity contribution in [1.29, 1.82) is 0 Å². The summed E-state index contributed by atoms with van der Waals surface area (Å²) in [5.74, 6) is -0.605. The number of barbiturate groups is 1. The highest BCUT2D eigenvalue weighted by atomic mass is 127. The molecule has 0 aromatic heterocycles. The molecule has 0 atom stereocenters. The number of rotatable bonds is 4. The summed E-state index contributed by atoms with van der Waals surface area (Å²) in [5.41, 5.74) is 1.37. The first-order valence-corrected chi connectivity index (χ1v) is 11.4. The smallest absolute Gasteiger partial charge is 0.333 e. The van der Waals surface area contributed by atoms with Gasteiger partial charge >= 0.3 is 6.03 Å². The molecule has 0 spiro atoms. The quantitative estimate of drug-likeness (QED) is 0.255. The van der Waals surface area contributed by atoms with E-state index in [0.717, 1.165) is 22.5 Å². The standard InChI is InChI=1S/C20H14Cl2I2N2O4/c1-25-18(27)13(19(28)26(2)20(25)29)5-10-6-15(23)17(16(24)7-10)30-9-11-3-4-12(21)8-14(11)22/h3-8H,9H2,1-2H3. The molecule has 1 aliphatic heterocycles. The molecule has 3 rings (SSSR count). The minimum absolute atomic E-state index is 0.0761. The second-order valence-corrected chi connectivity index (χ2v) is 9.58. The van der Waals surface area contributed by atoms with Crippen LogP contribution in [0.3, 0.4) is 0 Å². The molecule has 2 aromatic rings. The van der Waals surface area contributed by atoms with Crippen molar-refractivity contribution >= 4 is 92.3 Å². The Morgan fingerprint density at radius 1 is 0.967 bits per heavy atom. The van der Waals surface area contributed by atoms with Crippen LogP contribution in [0.5, 0.6) is 5.75 Å². The summed E-state index contributed by atoms with van der Waals surface area (Å²) in [6.07, 6.45) is 1.48. The summed E-state index contributed by atoms with van der Waals surface area (Å²) in [6.45, 7) is 0.261. The van der Waals surface area contributed by atoms with Gasteiger partial charge in [0.1, 0.15) is 17.9 Å². The second kappa shape index (κ2) is 9.41. The van der Waals surface area contributed by atoms with E-state index >= 15 is 0 Å². The van der Waals surface area contributed by atoms with Crippen LogP contribution >= 0.6 is 68.4 Å². The molecular weight excluding hydrogens is 657 g/mol. The van der Waals surface area contributed by atoms with Gasteiger partial charge in [-0.2, -0.15) is 0 Å². The van der Waals surface area contributed by atoms with Crippen LogP contribution in [0.4, 0.5) is 4.79 Å². The maximum atomic E-state index is 12.4. The first-order valence-electron chi connectivity index (χ1n) is 8.47. The van der Waals surface area contributed by atoms with Crippen molar-refractivity contribution in [3.63, 3.8) is 0 Å². The average Bonchev–Trinajstić information content (AvgIpc) is 2.69. The average molecular weight is 671 g/mol. The summed E-state index contributed by atoms with van der Waals surface area (Å²) < 4.78 is 7.54. The molecule has 4 amide bonds. The number of hydrogen-bond donors (Lipinski definition) is 0. The Morgan fingerprint density at radius 3 is 2.07 bits per heavy atom. The maximum absolute atomic E-state index is 12.4. The predicted octanol–water partition coefficient (Wildman–Crippen LogP) is 5.22. The fraction of sp³-hybridized carbons (Fsp3) is 0.150. The molecule has 0 radical (unpaired) electrons. The Kier molecular flexibility index (Phi) is 7.31. The molecule has 1 aliphatic rings. The molecule has 156 valence electrons. The largest absolute Gasteiger partial charge is 0.487 e. The van der Waals surface area contributed by atoms with Gasteiger partial charge in [0.2, 0.25) is 0 Å². The van der Waals surface area contributed by atoms with Crippen molar-refractivity contribution in [2.45, 2.75) is 6.61 Å². The lowest BCUT2D eigenvalue weighted by Crippen LogP contribution is -2.52.